The monoisotopic (exact) mass is 382 g/mol. The molecule has 0 unspecified atom stereocenters. The van der Waals surface area contributed by atoms with Crippen LogP contribution in [0.5, 0.6) is 0 Å². The highest BCUT2D eigenvalue weighted by Gasteiger charge is 2.20. The van der Waals surface area contributed by atoms with Gasteiger partial charge in [-0.15, -0.1) is 0 Å². The van der Waals surface area contributed by atoms with E-state index in [9.17, 15) is 0 Å². The summed E-state index contributed by atoms with van der Waals surface area (Å²) in [6.07, 6.45) is 3.77. The molecule has 0 N–H and O–H groups in total. The van der Waals surface area contributed by atoms with Crippen molar-refractivity contribution in [2.75, 3.05) is 26.2 Å². The Labute approximate surface area is 164 Å². The lowest BCUT2D eigenvalue weighted by Gasteiger charge is -2.34. The van der Waals surface area contributed by atoms with Crippen LogP contribution in [0.15, 0.2) is 53.2 Å². The number of pyridine rings is 1. The molecule has 0 amide bonds. The third-order valence-electron chi connectivity index (χ3n) is 4.93. The molecule has 1 aromatic carbocycles. The Morgan fingerprint density at radius 1 is 1.04 bits per heavy atom. The molecule has 6 heteroatoms. The largest absolute Gasteiger partial charge is 0.441 e. The van der Waals surface area contributed by atoms with Gasteiger partial charge in [-0.1, -0.05) is 23.7 Å². The highest BCUT2D eigenvalue weighted by Crippen LogP contribution is 2.25. The number of rotatable bonds is 5. The zero-order valence-corrected chi connectivity index (χ0v) is 16.2. The Hall–Kier alpha value is -2.21. The minimum atomic E-state index is 0.639. The number of hydrogen-bond acceptors (Lipinski definition) is 5. The van der Waals surface area contributed by atoms with Crippen molar-refractivity contribution in [2.45, 2.75) is 20.0 Å². The summed E-state index contributed by atoms with van der Waals surface area (Å²) >= 11 is 6.08. The van der Waals surface area contributed by atoms with Gasteiger partial charge in [0.15, 0.2) is 0 Å². The van der Waals surface area contributed by atoms with Crippen molar-refractivity contribution in [2.24, 2.45) is 0 Å². The first-order valence-corrected chi connectivity index (χ1v) is 9.61. The second kappa shape index (κ2) is 8.21. The Kier molecular flexibility index (Phi) is 5.53. The van der Waals surface area contributed by atoms with Gasteiger partial charge in [-0.05, 0) is 36.8 Å². The molecule has 4 rings (SSSR count). The molecule has 0 radical (unpaired) electrons. The fraction of sp³-hybridized carbons (Fsp3) is 0.333. The van der Waals surface area contributed by atoms with E-state index in [1.165, 1.54) is 5.56 Å². The maximum absolute atomic E-state index is 6.08. The molecule has 0 atom stereocenters. The lowest BCUT2D eigenvalue weighted by atomic mass is 10.2. The van der Waals surface area contributed by atoms with Gasteiger partial charge >= 0.3 is 0 Å². The second-order valence-corrected chi connectivity index (χ2v) is 7.38. The van der Waals surface area contributed by atoms with Crippen molar-refractivity contribution in [3.05, 3.63) is 70.8 Å². The number of aryl methyl sites for hydroxylation is 1. The average molecular weight is 383 g/mol. The Morgan fingerprint density at radius 3 is 2.52 bits per heavy atom. The third-order valence-corrected chi connectivity index (χ3v) is 5.17. The molecule has 0 bridgehead atoms. The van der Waals surface area contributed by atoms with Crippen molar-refractivity contribution < 1.29 is 4.42 Å². The van der Waals surface area contributed by atoms with Crippen molar-refractivity contribution in [3.8, 4) is 11.5 Å². The van der Waals surface area contributed by atoms with E-state index in [4.69, 9.17) is 21.0 Å². The highest BCUT2D eigenvalue weighted by atomic mass is 35.5. The first-order valence-electron chi connectivity index (χ1n) is 9.23. The van der Waals surface area contributed by atoms with Gasteiger partial charge in [0.05, 0.1) is 5.69 Å². The molecule has 1 aliphatic heterocycles. The lowest BCUT2D eigenvalue weighted by Crippen LogP contribution is -2.45. The predicted octanol–water partition coefficient (Wildman–Crippen LogP) is 4.02. The van der Waals surface area contributed by atoms with Gasteiger partial charge in [-0.25, -0.2) is 4.98 Å². The van der Waals surface area contributed by atoms with E-state index in [0.717, 1.165) is 56.3 Å². The van der Waals surface area contributed by atoms with Crippen LogP contribution < -0.4 is 0 Å². The highest BCUT2D eigenvalue weighted by molar-refractivity contribution is 6.30. The molecular formula is C21H23ClN4O. The number of halogens is 1. The fourth-order valence-corrected chi connectivity index (χ4v) is 3.58. The van der Waals surface area contributed by atoms with Gasteiger partial charge in [0, 0.05) is 62.2 Å². The number of aromatic nitrogens is 2. The van der Waals surface area contributed by atoms with Crippen LogP contribution in [0.4, 0.5) is 0 Å². The lowest BCUT2D eigenvalue weighted by molar-refractivity contribution is 0.120. The molecule has 3 heterocycles. The van der Waals surface area contributed by atoms with Crippen LogP contribution in [0, 0.1) is 6.92 Å². The van der Waals surface area contributed by atoms with Crippen LogP contribution in [-0.2, 0) is 13.1 Å². The average Bonchev–Trinajstić information content (AvgIpc) is 3.05. The molecule has 2 aromatic heterocycles. The van der Waals surface area contributed by atoms with Crippen LogP contribution in [0.25, 0.3) is 11.5 Å². The summed E-state index contributed by atoms with van der Waals surface area (Å²) < 4.78 is 5.88. The van der Waals surface area contributed by atoms with Crippen LogP contribution in [0.1, 0.15) is 17.0 Å². The fourth-order valence-electron chi connectivity index (χ4n) is 3.39. The maximum Gasteiger partial charge on any atom is 0.226 e. The standard InChI is InChI=1S/C21H23ClN4O/c1-16-20(24-21(27-16)18-5-2-6-19(22)12-18)15-26-10-8-25(9-11-26)14-17-4-3-7-23-13-17/h2-7,12-13H,8-11,14-15H2,1H3. The molecule has 0 spiro atoms. The Morgan fingerprint density at radius 2 is 1.81 bits per heavy atom. The van der Waals surface area contributed by atoms with Gasteiger partial charge in [0.1, 0.15) is 5.76 Å². The van der Waals surface area contributed by atoms with E-state index in [1.54, 1.807) is 0 Å². The zero-order chi connectivity index (χ0) is 18.6. The number of benzene rings is 1. The topological polar surface area (TPSA) is 45.4 Å². The van der Waals surface area contributed by atoms with Crippen LogP contribution in [0.3, 0.4) is 0 Å². The SMILES string of the molecule is Cc1oc(-c2cccc(Cl)c2)nc1CN1CCN(Cc2cccnc2)CC1. The van der Waals surface area contributed by atoms with E-state index in [1.807, 2.05) is 49.6 Å². The molecule has 27 heavy (non-hydrogen) atoms. The number of oxazole rings is 1. The quantitative estimate of drug-likeness (QED) is 0.667. The Bertz CT molecular complexity index is 888. The maximum atomic E-state index is 6.08. The summed E-state index contributed by atoms with van der Waals surface area (Å²) in [5, 5.41) is 0.689. The van der Waals surface area contributed by atoms with Gasteiger partial charge < -0.3 is 4.42 Å². The molecule has 1 aliphatic rings. The molecule has 3 aromatic rings. The molecule has 140 valence electrons. The van der Waals surface area contributed by atoms with Crippen molar-refractivity contribution in [1.29, 1.82) is 0 Å². The third kappa shape index (κ3) is 4.56. The van der Waals surface area contributed by atoms with Gasteiger partial charge in [0.2, 0.25) is 5.89 Å². The Balaban J connectivity index is 1.35. The predicted molar refractivity (Wildman–Crippen MR) is 106 cm³/mol. The molecule has 0 aliphatic carbocycles. The van der Waals surface area contributed by atoms with Gasteiger partial charge in [-0.3, -0.25) is 14.8 Å². The molecular weight excluding hydrogens is 360 g/mol. The zero-order valence-electron chi connectivity index (χ0n) is 15.4. The molecule has 5 nitrogen and oxygen atoms in total. The normalized spacial score (nSPS) is 15.9. The molecule has 1 fully saturated rings. The summed E-state index contributed by atoms with van der Waals surface area (Å²) in [4.78, 5) is 13.8. The minimum Gasteiger partial charge on any atom is -0.441 e. The van der Waals surface area contributed by atoms with Crippen molar-refractivity contribution in [3.63, 3.8) is 0 Å². The minimum absolute atomic E-state index is 0.639. The van der Waals surface area contributed by atoms with E-state index in [2.05, 4.69) is 20.9 Å². The van der Waals surface area contributed by atoms with E-state index in [0.29, 0.717) is 10.9 Å². The summed E-state index contributed by atoms with van der Waals surface area (Å²) in [6.45, 7) is 7.91. The van der Waals surface area contributed by atoms with Crippen LogP contribution in [-0.4, -0.2) is 45.9 Å². The molecule has 1 saturated heterocycles. The van der Waals surface area contributed by atoms with Gasteiger partial charge in [-0.2, -0.15) is 0 Å². The van der Waals surface area contributed by atoms with E-state index in [-0.39, 0.29) is 0 Å². The number of hydrogen-bond donors (Lipinski definition) is 0. The van der Waals surface area contributed by atoms with Crippen molar-refractivity contribution >= 4 is 11.6 Å². The first-order chi connectivity index (χ1) is 13.2. The number of nitrogens with zero attached hydrogens (tertiary/aromatic N) is 4. The van der Waals surface area contributed by atoms with E-state index < -0.39 is 0 Å². The van der Waals surface area contributed by atoms with Crippen LogP contribution >= 0.6 is 11.6 Å². The van der Waals surface area contributed by atoms with Crippen LogP contribution in [0.2, 0.25) is 5.02 Å². The summed E-state index contributed by atoms with van der Waals surface area (Å²) in [6, 6.07) is 11.8. The first kappa shape index (κ1) is 18.2. The number of piperazine rings is 1. The summed E-state index contributed by atoms with van der Waals surface area (Å²) in [5.41, 5.74) is 3.19. The smallest absolute Gasteiger partial charge is 0.226 e. The molecule has 0 saturated carbocycles. The van der Waals surface area contributed by atoms with E-state index >= 15 is 0 Å². The summed E-state index contributed by atoms with van der Waals surface area (Å²) in [7, 11) is 0. The summed E-state index contributed by atoms with van der Waals surface area (Å²) in [5.74, 6) is 1.52. The van der Waals surface area contributed by atoms with Crippen molar-refractivity contribution in [1.82, 2.24) is 19.8 Å². The van der Waals surface area contributed by atoms with Gasteiger partial charge in [0.25, 0.3) is 0 Å². The second-order valence-electron chi connectivity index (χ2n) is 6.95.